The fourth-order valence-corrected chi connectivity index (χ4v) is 2.64. The van der Waals surface area contributed by atoms with Gasteiger partial charge in [-0.25, -0.2) is 4.98 Å². The van der Waals surface area contributed by atoms with E-state index in [1.807, 2.05) is 66.9 Å². The summed E-state index contributed by atoms with van der Waals surface area (Å²) >= 11 is 0. The van der Waals surface area contributed by atoms with Crippen molar-refractivity contribution in [3.05, 3.63) is 66.1 Å². The number of aromatic nitrogens is 3. The third-order valence-corrected chi connectivity index (χ3v) is 3.79. The number of aryl methyl sites for hydroxylation is 2. The van der Waals surface area contributed by atoms with Crippen LogP contribution in [0.15, 0.2) is 65.1 Å². The van der Waals surface area contributed by atoms with Crippen LogP contribution >= 0.6 is 0 Å². The lowest BCUT2D eigenvalue weighted by atomic mass is 10.2. The third-order valence-electron chi connectivity index (χ3n) is 3.79. The van der Waals surface area contributed by atoms with E-state index in [1.54, 1.807) is 6.20 Å². The van der Waals surface area contributed by atoms with Crippen molar-refractivity contribution in [3.8, 4) is 0 Å². The van der Waals surface area contributed by atoms with Crippen LogP contribution in [-0.2, 0) is 0 Å². The molecule has 0 unspecified atom stereocenters. The Kier molecular flexibility index (Phi) is 3.12. The molecule has 1 aromatic carbocycles. The second-order valence-corrected chi connectivity index (χ2v) is 5.51. The van der Waals surface area contributed by atoms with Gasteiger partial charge in [-0.05, 0) is 43.7 Å². The van der Waals surface area contributed by atoms with E-state index in [9.17, 15) is 0 Å². The largest absolute Gasteiger partial charge is 0.283 e. The minimum absolute atomic E-state index is 0.743. The Hall–Kier alpha value is -3.08. The zero-order valence-corrected chi connectivity index (χ0v) is 12.9. The van der Waals surface area contributed by atoms with E-state index in [-0.39, 0.29) is 0 Å². The SMILES string of the molecule is Cc1ccn2c(N=Nc3cccc4cccnc34)c(C)nc2c1. The predicted octanol–water partition coefficient (Wildman–Crippen LogP) is 4.91. The van der Waals surface area contributed by atoms with Gasteiger partial charge in [0.2, 0.25) is 0 Å². The van der Waals surface area contributed by atoms with Crippen LogP contribution in [0.5, 0.6) is 0 Å². The van der Waals surface area contributed by atoms with Crippen LogP contribution < -0.4 is 0 Å². The summed E-state index contributed by atoms with van der Waals surface area (Å²) < 4.78 is 1.95. The molecule has 0 N–H and O–H groups in total. The topological polar surface area (TPSA) is 54.9 Å². The maximum Gasteiger partial charge on any atom is 0.182 e. The molecular formula is C18H15N5. The maximum absolute atomic E-state index is 4.54. The van der Waals surface area contributed by atoms with Crippen LogP contribution in [0.2, 0.25) is 0 Å². The summed E-state index contributed by atoms with van der Waals surface area (Å²) in [5.41, 5.74) is 4.51. The number of pyridine rings is 2. The van der Waals surface area contributed by atoms with Gasteiger partial charge in [-0.3, -0.25) is 9.38 Å². The Bertz CT molecular complexity index is 1040. The first-order chi connectivity index (χ1) is 11.2. The van der Waals surface area contributed by atoms with Gasteiger partial charge in [-0.15, -0.1) is 10.2 Å². The second kappa shape index (κ2) is 5.28. The van der Waals surface area contributed by atoms with E-state index in [0.29, 0.717) is 0 Å². The number of benzene rings is 1. The number of fused-ring (bicyclic) bond motifs is 2. The van der Waals surface area contributed by atoms with Crippen molar-refractivity contribution in [2.45, 2.75) is 13.8 Å². The molecule has 0 saturated heterocycles. The van der Waals surface area contributed by atoms with Crippen LogP contribution in [-0.4, -0.2) is 14.4 Å². The molecule has 0 aliphatic heterocycles. The zero-order valence-electron chi connectivity index (χ0n) is 12.9. The maximum atomic E-state index is 4.54. The summed E-state index contributed by atoms with van der Waals surface area (Å²) in [5, 5.41) is 9.89. The van der Waals surface area contributed by atoms with Crippen molar-refractivity contribution >= 4 is 28.1 Å². The first-order valence-electron chi connectivity index (χ1n) is 7.43. The van der Waals surface area contributed by atoms with Gasteiger partial charge in [0.05, 0.1) is 11.2 Å². The number of hydrogen-bond donors (Lipinski definition) is 0. The standard InChI is InChI=1S/C18H15N5/c1-12-8-10-23-16(11-12)20-13(2)18(23)22-21-15-7-3-5-14-6-4-9-19-17(14)15/h3-11H,1-2H3. The average Bonchev–Trinajstić information content (AvgIpc) is 2.87. The smallest absolute Gasteiger partial charge is 0.182 e. The van der Waals surface area contributed by atoms with Crippen molar-refractivity contribution in [1.29, 1.82) is 0 Å². The van der Waals surface area contributed by atoms with Gasteiger partial charge in [0.1, 0.15) is 11.3 Å². The van der Waals surface area contributed by atoms with Crippen LogP contribution in [0.25, 0.3) is 16.6 Å². The highest BCUT2D eigenvalue weighted by Gasteiger charge is 2.08. The van der Waals surface area contributed by atoms with Gasteiger partial charge in [0.25, 0.3) is 0 Å². The lowest BCUT2D eigenvalue weighted by molar-refractivity contribution is 1.09. The third kappa shape index (κ3) is 2.36. The second-order valence-electron chi connectivity index (χ2n) is 5.51. The van der Waals surface area contributed by atoms with Crippen molar-refractivity contribution < 1.29 is 0 Å². The molecule has 112 valence electrons. The van der Waals surface area contributed by atoms with E-state index in [4.69, 9.17) is 0 Å². The van der Waals surface area contributed by atoms with Gasteiger partial charge in [0, 0.05) is 17.8 Å². The highest BCUT2D eigenvalue weighted by molar-refractivity contribution is 5.88. The van der Waals surface area contributed by atoms with Crippen molar-refractivity contribution in [3.63, 3.8) is 0 Å². The minimum atomic E-state index is 0.743. The van der Waals surface area contributed by atoms with Gasteiger partial charge in [0.15, 0.2) is 5.82 Å². The first kappa shape index (κ1) is 13.6. The molecule has 0 aliphatic rings. The van der Waals surface area contributed by atoms with Gasteiger partial charge in [-0.1, -0.05) is 18.2 Å². The molecule has 4 aromatic rings. The summed E-state index contributed by atoms with van der Waals surface area (Å²) in [7, 11) is 0. The molecule has 5 nitrogen and oxygen atoms in total. The number of rotatable bonds is 2. The average molecular weight is 301 g/mol. The summed E-state index contributed by atoms with van der Waals surface area (Å²) in [6.45, 7) is 3.99. The molecule has 0 fully saturated rings. The van der Waals surface area contributed by atoms with Crippen LogP contribution in [0.3, 0.4) is 0 Å². The van der Waals surface area contributed by atoms with Crippen LogP contribution in [0, 0.1) is 13.8 Å². The van der Waals surface area contributed by atoms with E-state index in [1.165, 1.54) is 5.56 Å². The lowest BCUT2D eigenvalue weighted by Gasteiger charge is -2.00. The predicted molar refractivity (Wildman–Crippen MR) is 90.6 cm³/mol. The Morgan fingerprint density at radius 1 is 1.00 bits per heavy atom. The molecule has 0 spiro atoms. The van der Waals surface area contributed by atoms with Gasteiger partial charge >= 0.3 is 0 Å². The molecule has 4 rings (SSSR count). The zero-order chi connectivity index (χ0) is 15.8. The summed E-state index contributed by atoms with van der Waals surface area (Å²) in [6.07, 6.45) is 3.74. The van der Waals surface area contributed by atoms with E-state index in [2.05, 4.69) is 20.2 Å². The van der Waals surface area contributed by atoms with Gasteiger partial charge in [-0.2, -0.15) is 0 Å². The van der Waals surface area contributed by atoms with E-state index in [0.717, 1.165) is 33.7 Å². The Morgan fingerprint density at radius 3 is 2.78 bits per heavy atom. The highest BCUT2D eigenvalue weighted by atomic mass is 15.2. The lowest BCUT2D eigenvalue weighted by Crippen LogP contribution is -1.84. The number of para-hydroxylation sites is 1. The highest BCUT2D eigenvalue weighted by Crippen LogP contribution is 2.27. The molecule has 3 heterocycles. The first-order valence-corrected chi connectivity index (χ1v) is 7.43. The van der Waals surface area contributed by atoms with Crippen molar-refractivity contribution in [2.24, 2.45) is 10.2 Å². The number of imidazole rings is 1. The Morgan fingerprint density at radius 2 is 1.87 bits per heavy atom. The molecule has 23 heavy (non-hydrogen) atoms. The van der Waals surface area contributed by atoms with Crippen molar-refractivity contribution in [2.75, 3.05) is 0 Å². The Labute approximate surface area is 133 Å². The Balaban J connectivity index is 1.83. The minimum Gasteiger partial charge on any atom is -0.283 e. The molecule has 0 bridgehead atoms. The van der Waals surface area contributed by atoms with Crippen LogP contribution in [0.1, 0.15) is 11.3 Å². The summed E-state index contributed by atoms with van der Waals surface area (Å²) in [5.74, 6) is 0.743. The molecule has 0 aliphatic carbocycles. The molecular weight excluding hydrogens is 286 g/mol. The molecule has 0 saturated carbocycles. The molecule has 3 aromatic heterocycles. The molecule has 5 heteroatoms. The number of azo groups is 1. The number of hydrogen-bond acceptors (Lipinski definition) is 4. The molecule has 0 atom stereocenters. The number of nitrogens with zero attached hydrogens (tertiary/aromatic N) is 5. The van der Waals surface area contributed by atoms with E-state index < -0.39 is 0 Å². The monoisotopic (exact) mass is 301 g/mol. The van der Waals surface area contributed by atoms with Crippen LogP contribution in [0.4, 0.5) is 11.5 Å². The fraction of sp³-hybridized carbons (Fsp3) is 0.111. The fourth-order valence-electron chi connectivity index (χ4n) is 2.64. The van der Waals surface area contributed by atoms with Gasteiger partial charge < -0.3 is 0 Å². The summed E-state index contributed by atoms with van der Waals surface area (Å²) in [6, 6.07) is 13.9. The molecule has 0 amide bonds. The molecule has 0 radical (unpaired) electrons. The summed E-state index contributed by atoms with van der Waals surface area (Å²) in [4.78, 5) is 8.94. The normalized spacial score (nSPS) is 11.7. The van der Waals surface area contributed by atoms with Crippen molar-refractivity contribution in [1.82, 2.24) is 14.4 Å². The quantitative estimate of drug-likeness (QED) is 0.494. The van der Waals surface area contributed by atoms with E-state index >= 15 is 0 Å².